The first-order chi connectivity index (χ1) is 13.4. The first-order valence-corrected chi connectivity index (χ1v) is 9.59. The summed E-state index contributed by atoms with van der Waals surface area (Å²) in [6, 6.07) is 8.28. The predicted molar refractivity (Wildman–Crippen MR) is 109 cm³/mol. The van der Waals surface area contributed by atoms with E-state index < -0.39 is 5.60 Å². The third-order valence-corrected chi connectivity index (χ3v) is 4.87. The summed E-state index contributed by atoms with van der Waals surface area (Å²) in [5.41, 5.74) is 2.49. The summed E-state index contributed by atoms with van der Waals surface area (Å²) in [7, 11) is 2.04. The lowest BCUT2D eigenvalue weighted by atomic mass is 10.1. The normalized spacial score (nSPS) is 12.1. The lowest BCUT2D eigenvalue weighted by Gasteiger charge is -2.17. The van der Waals surface area contributed by atoms with Crippen molar-refractivity contribution in [1.82, 2.24) is 29.5 Å². The number of rotatable bonds is 7. The Balaban J connectivity index is 1.65. The van der Waals surface area contributed by atoms with Gasteiger partial charge in [0, 0.05) is 42.3 Å². The van der Waals surface area contributed by atoms with Gasteiger partial charge >= 0.3 is 0 Å². The molecule has 3 heterocycles. The molecule has 0 atom stereocenters. The Bertz CT molecular complexity index is 1070. The fourth-order valence-electron chi connectivity index (χ4n) is 3.53. The molecule has 3 aromatic heterocycles. The van der Waals surface area contributed by atoms with E-state index >= 15 is 0 Å². The molecule has 7 nitrogen and oxygen atoms in total. The van der Waals surface area contributed by atoms with Crippen LogP contribution >= 0.6 is 0 Å². The number of aromatic nitrogens is 6. The van der Waals surface area contributed by atoms with E-state index in [9.17, 15) is 5.11 Å². The number of aliphatic hydroxyl groups is 1. The molecular formula is C21H26N6O. The standard InChI is InChI=1S/C21H26N6O/c1-21(2,28)14-27-19(9-4-6-15-12-22-23-13-15)24-20(25-27)17-7-5-8-18-16(17)10-11-26(18)3/h5,7-8,10-13,28H,4,6,9,14H2,1-3H3,(H,22,23). The smallest absolute Gasteiger partial charge is 0.182 e. The van der Waals surface area contributed by atoms with Crippen LogP contribution in [-0.4, -0.2) is 40.2 Å². The van der Waals surface area contributed by atoms with Crippen LogP contribution in [0.2, 0.25) is 0 Å². The van der Waals surface area contributed by atoms with Crippen molar-refractivity contribution in [2.75, 3.05) is 0 Å². The number of aryl methyl sites for hydroxylation is 3. The molecule has 4 rings (SSSR count). The zero-order valence-electron chi connectivity index (χ0n) is 16.6. The molecule has 0 radical (unpaired) electrons. The highest BCUT2D eigenvalue weighted by Gasteiger charge is 2.20. The summed E-state index contributed by atoms with van der Waals surface area (Å²) >= 11 is 0. The van der Waals surface area contributed by atoms with Crippen LogP contribution in [0.5, 0.6) is 0 Å². The molecule has 0 saturated heterocycles. The number of H-pyrrole nitrogens is 1. The second-order valence-corrected chi connectivity index (χ2v) is 7.95. The Morgan fingerprint density at radius 1 is 1.18 bits per heavy atom. The monoisotopic (exact) mass is 378 g/mol. The van der Waals surface area contributed by atoms with Crippen LogP contribution in [0.25, 0.3) is 22.3 Å². The van der Waals surface area contributed by atoms with Crippen LogP contribution in [0.4, 0.5) is 0 Å². The molecule has 4 aromatic rings. The van der Waals surface area contributed by atoms with Gasteiger partial charge in [-0.25, -0.2) is 9.67 Å². The van der Waals surface area contributed by atoms with Gasteiger partial charge in [-0.05, 0) is 44.4 Å². The van der Waals surface area contributed by atoms with Crippen LogP contribution in [-0.2, 0) is 26.4 Å². The fraction of sp³-hybridized carbons (Fsp3) is 0.381. The van der Waals surface area contributed by atoms with Gasteiger partial charge < -0.3 is 9.67 Å². The largest absolute Gasteiger partial charge is 0.389 e. The van der Waals surface area contributed by atoms with E-state index in [1.807, 2.05) is 36.4 Å². The first kappa shape index (κ1) is 18.4. The van der Waals surface area contributed by atoms with Gasteiger partial charge in [0.25, 0.3) is 0 Å². The molecular weight excluding hydrogens is 352 g/mol. The number of nitrogens with zero attached hydrogens (tertiary/aromatic N) is 5. The molecule has 28 heavy (non-hydrogen) atoms. The lowest BCUT2D eigenvalue weighted by Crippen LogP contribution is -2.28. The van der Waals surface area contributed by atoms with E-state index in [0.29, 0.717) is 12.4 Å². The molecule has 0 spiro atoms. The summed E-state index contributed by atoms with van der Waals surface area (Å²) in [4.78, 5) is 4.85. The number of hydrogen-bond donors (Lipinski definition) is 2. The van der Waals surface area contributed by atoms with Crippen LogP contribution in [0, 0.1) is 0 Å². The maximum absolute atomic E-state index is 10.3. The predicted octanol–water partition coefficient (Wildman–Crippen LogP) is 3.11. The van der Waals surface area contributed by atoms with Crippen molar-refractivity contribution in [3.05, 3.63) is 54.2 Å². The Kier molecular flexibility index (Phi) is 4.77. The maximum atomic E-state index is 10.3. The third kappa shape index (κ3) is 3.84. The van der Waals surface area contributed by atoms with Crippen molar-refractivity contribution in [3.8, 4) is 11.4 Å². The van der Waals surface area contributed by atoms with Crippen molar-refractivity contribution in [2.45, 2.75) is 45.3 Å². The zero-order valence-corrected chi connectivity index (χ0v) is 16.6. The van der Waals surface area contributed by atoms with E-state index in [4.69, 9.17) is 10.1 Å². The van der Waals surface area contributed by atoms with Crippen molar-refractivity contribution in [3.63, 3.8) is 0 Å². The van der Waals surface area contributed by atoms with Gasteiger partial charge in [-0.3, -0.25) is 5.10 Å². The van der Waals surface area contributed by atoms with E-state index in [-0.39, 0.29) is 0 Å². The fourth-order valence-corrected chi connectivity index (χ4v) is 3.53. The Morgan fingerprint density at radius 3 is 2.79 bits per heavy atom. The maximum Gasteiger partial charge on any atom is 0.182 e. The molecule has 0 saturated carbocycles. The number of benzene rings is 1. The second-order valence-electron chi connectivity index (χ2n) is 7.95. The highest BCUT2D eigenvalue weighted by Crippen LogP contribution is 2.27. The first-order valence-electron chi connectivity index (χ1n) is 9.59. The Morgan fingerprint density at radius 2 is 2.04 bits per heavy atom. The molecule has 0 bridgehead atoms. The van der Waals surface area contributed by atoms with Gasteiger partial charge in [0.05, 0.1) is 18.3 Å². The van der Waals surface area contributed by atoms with E-state index in [1.165, 1.54) is 5.56 Å². The summed E-state index contributed by atoms with van der Waals surface area (Å²) in [5.74, 6) is 1.60. The average Bonchev–Trinajstić information content (AvgIpc) is 3.36. The zero-order chi connectivity index (χ0) is 19.7. The molecule has 0 aliphatic carbocycles. The van der Waals surface area contributed by atoms with E-state index in [1.54, 1.807) is 13.8 Å². The minimum Gasteiger partial charge on any atom is -0.389 e. The molecule has 146 valence electrons. The van der Waals surface area contributed by atoms with E-state index in [0.717, 1.165) is 41.6 Å². The van der Waals surface area contributed by atoms with Gasteiger partial charge in [0.15, 0.2) is 5.82 Å². The molecule has 0 fully saturated rings. The summed E-state index contributed by atoms with van der Waals surface area (Å²) in [6.45, 7) is 3.99. The second kappa shape index (κ2) is 7.24. The van der Waals surface area contributed by atoms with Gasteiger partial charge in [0.2, 0.25) is 0 Å². The van der Waals surface area contributed by atoms with Crippen LogP contribution in [0.15, 0.2) is 42.9 Å². The highest BCUT2D eigenvalue weighted by molar-refractivity contribution is 5.93. The van der Waals surface area contributed by atoms with E-state index in [2.05, 4.69) is 33.0 Å². The number of aromatic amines is 1. The average molecular weight is 378 g/mol. The van der Waals surface area contributed by atoms with Gasteiger partial charge in [0.1, 0.15) is 5.82 Å². The molecule has 0 aliphatic heterocycles. The highest BCUT2D eigenvalue weighted by atomic mass is 16.3. The minimum absolute atomic E-state index is 0.409. The molecule has 0 unspecified atom stereocenters. The van der Waals surface area contributed by atoms with Crippen LogP contribution in [0.1, 0.15) is 31.7 Å². The molecule has 2 N–H and O–H groups in total. The van der Waals surface area contributed by atoms with Crippen molar-refractivity contribution >= 4 is 10.9 Å². The van der Waals surface area contributed by atoms with Crippen molar-refractivity contribution in [1.29, 1.82) is 0 Å². The quantitative estimate of drug-likeness (QED) is 0.517. The Labute approximate surface area is 164 Å². The third-order valence-electron chi connectivity index (χ3n) is 4.87. The van der Waals surface area contributed by atoms with Crippen LogP contribution in [0.3, 0.4) is 0 Å². The molecule has 0 aliphatic rings. The Hall–Kier alpha value is -2.93. The van der Waals surface area contributed by atoms with Gasteiger partial charge in [-0.2, -0.15) is 10.2 Å². The topological polar surface area (TPSA) is 84.5 Å². The molecule has 7 heteroatoms. The number of nitrogens with one attached hydrogen (secondary N) is 1. The van der Waals surface area contributed by atoms with Gasteiger partial charge in [-0.15, -0.1) is 0 Å². The van der Waals surface area contributed by atoms with Crippen molar-refractivity contribution < 1.29 is 5.11 Å². The summed E-state index contributed by atoms with van der Waals surface area (Å²) in [5, 5.41) is 23.1. The lowest BCUT2D eigenvalue weighted by molar-refractivity contribution is 0.0566. The van der Waals surface area contributed by atoms with Crippen molar-refractivity contribution in [2.24, 2.45) is 7.05 Å². The molecule has 0 amide bonds. The number of fused-ring (bicyclic) bond motifs is 1. The summed E-state index contributed by atoms with van der Waals surface area (Å²) in [6.07, 6.45) is 8.48. The summed E-state index contributed by atoms with van der Waals surface area (Å²) < 4.78 is 3.95. The minimum atomic E-state index is -0.858. The molecule has 1 aromatic carbocycles. The SMILES string of the molecule is Cn1ccc2c(-c3nc(CCCc4cn[nH]c4)n(CC(C)(C)O)n3)cccc21. The van der Waals surface area contributed by atoms with Crippen LogP contribution < -0.4 is 0 Å². The number of hydrogen-bond acceptors (Lipinski definition) is 4. The van der Waals surface area contributed by atoms with Gasteiger partial charge in [-0.1, -0.05) is 12.1 Å².